The van der Waals surface area contributed by atoms with Gasteiger partial charge in [0.1, 0.15) is 17.3 Å². The quantitative estimate of drug-likeness (QED) is 0.179. The maximum Gasteiger partial charge on any atom is 0.360 e. The molecule has 2 heterocycles. The highest BCUT2D eigenvalue weighted by molar-refractivity contribution is 6.23. The van der Waals surface area contributed by atoms with Crippen LogP contribution in [0.3, 0.4) is 0 Å². The van der Waals surface area contributed by atoms with Gasteiger partial charge in [-0.1, -0.05) is 72.8 Å². The summed E-state index contributed by atoms with van der Waals surface area (Å²) in [7, 11) is 0. The predicted molar refractivity (Wildman–Crippen MR) is 175 cm³/mol. The van der Waals surface area contributed by atoms with Crippen molar-refractivity contribution in [1.82, 2.24) is 0 Å². The number of aliphatic hydroxyl groups excluding tert-OH is 1. The molecule has 0 saturated heterocycles. The molecule has 2 atom stereocenters. The van der Waals surface area contributed by atoms with E-state index in [2.05, 4.69) is 24.3 Å². The molecule has 3 aromatic rings. The minimum absolute atomic E-state index is 0.0170. The molecule has 0 saturated carbocycles. The van der Waals surface area contributed by atoms with Gasteiger partial charge in [0.05, 0.1) is 28.7 Å². The zero-order valence-electron chi connectivity index (χ0n) is 24.6. The highest BCUT2D eigenvalue weighted by Crippen LogP contribution is 2.39. The second kappa shape index (κ2) is 12.3. The van der Waals surface area contributed by atoms with Crippen LogP contribution < -0.4 is 0 Å². The molecule has 1 aromatic heterocycles. The van der Waals surface area contributed by atoms with Crippen LogP contribution in [0.5, 0.6) is 0 Å². The fourth-order valence-electron chi connectivity index (χ4n) is 6.29. The summed E-state index contributed by atoms with van der Waals surface area (Å²) in [6.07, 6.45) is 22.3. The van der Waals surface area contributed by atoms with Crippen molar-refractivity contribution in [3.63, 3.8) is 0 Å². The molecule has 44 heavy (non-hydrogen) atoms. The van der Waals surface area contributed by atoms with Crippen LogP contribution in [-0.2, 0) is 9.53 Å². The van der Waals surface area contributed by atoms with Crippen LogP contribution in [0.1, 0.15) is 61.3 Å². The summed E-state index contributed by atoms with van der Waals surface area (Å²) in [5.74, 6) is 3.70. The number of ether oxygens (including phenoxy) is 1. The van der Waals surface area contributed by atoms with Gasteiger partial charge in [0.25, 0.3) is 0 Å². The Morgan fingerprint density at radius 1 is 0.773 bits per heavy atom. The minimum atomic E-state index is -0.170. The van der Waals surface area contributed by atoms with E-state index >= 15 is 0 Å². The van der Waals surface area contributed by atoms with Gasteiger partial charge in [-0.05, 0) is 86.1 Å². The number of aliphatic hydroxyl groups is 1. The Balaban J connectivity index is 1.24. The third-order valence-corrected chi connectivity index (χ3v) is 8.75. The van der Waals surface area contributed by atoms with Crippen LogP contribution in [0.15, 0.2) is 148 Å². The fraction of sp³-hybridized carbons (Fsp3) is 0.200. The maximum absolute atomic E-state index is 13.5. The van der Waals surface area contributed by atoms with Crippen molar-refractivity contribution in [3.05, 3.63) is 160 Å². The minimum Gasteiger partial charge on any atom is -0.506 e. The number of ketones is 1. The first kappa shape index (κ1) is 27.8. The summed E-state index contributed by atoms with van der Waals surface area (Å²) in [6.45, 7) is 0. The summed E-state index contributed by atoms with van der Waals surface area (Å²) in [5.41, 5.74) is 4.26. The lowest BCUT2D eigenvalue weighted by atomic mass is 9.84. The monoisotopic (exact) mass is 579 g/mol. The Kier molecular flexibility index (Phi) is 7.81. The van der Waals surface area contributed by atoms with Crippen LogP contribution in [0.25, 0.3) is 23.2 Å². The SMILES string of the molecule is O=C1C(=Cc2cc(-c3ccccc3)[o+]c(C3CC=CCC3)c2)C(O)=C1C=C1C=C(c2ccccc2)OC(C2CC=CCC2)=C1. The first-order valence-corrected chi connectivity index (χ1v) is 15.5. The van der Waals surface area contributed by atoms with E-state index in [1.165, 1.54) is 0 Å². The van der Waals surface area contributed by atoms with Crippen LogP contribution in [0.4, 0.5) is 0 Å². The third-order valence-electron chi connectivity index (χ3n) is 8.75. The number of Topliss-reactive ketones (excluding diaryl/α,β-unsaturated/α-hetero) is 1. The highest BCUT2D eigenvalue weighted by atomic mass is 16.5. The Morgan fingerprint density at radius 3 is 2.11 bits per heavy atom. The fourth-order valence-corrected chi connectivity index (χ4v) is 6.29. The highest BCUT2D eigenvalue weighted by Gasteiger charge is 2.34. The van der Waals surface area contributed by atoms with Gasteiger partial charge in [-0.25, -0.2) is 4.42 Å². The first-order valence-electron chi connectivity index (χ1n) is 15.5. The lowest BCUT2D eigenvalue weighted by Gasteiger charge is -2.26. The van der Waals surface area contributed by atoms with Gasteiger partial charge in [0.15, 0.2) is 0 Å². The van der Waals surface area contributed by atoms with E-state index in [4.69, 9.17) is 9.15 Å². The lowest BCUT2D eigenvalue weighted by Crippen LogP contribution is -2.21. The number of allylic oxidation sites excluding steroid dienone is 11. The standard InChI is InChI=1S/C40H34O4/c41-39-33(21-27-23-35(29-13-5-1-6-14-29)43-36(24-27)30-15-7-2-8-16-30)40(42)34(39)22-28-25-37(31-17-9-3-10-18-31)44-38(26-28)32-19-11-4-12-20-32/h1-7,9-11,13-14,17-18,21-26,30,32H,8,12,15-16,19-20H2/p+1. The van der Waals surface area contributed by atoms with Crippen molar-refractivity contribution >= 4 is 17.6 Å². The van der Waals surface area contributed by atoms with Crippen molar-refractivity contribution in [2.24, 2.45) is 5.92 Å². The third kappa shape index (κ3) is 5.80. The van der Waals surface area contributed by atoms with E-state index in [0.29, 0.717) is 11.1 Å². The van der Waals surface area contributed by atoms with E-state index in [9.17, 15) is 9.90 Å². The van der Waals surface area contributed by atoms with Gasteiger partial charge in [-0.3, -0.25) is 4.79 Å². The van der Waals surface area contributed by atoms with Crippen LogP contribution in [0.2, 0.25) is 0 Å². The number of rotatable bonds is 6. The van der Waals surface area contributed by atoms with E-state index in [1.54, 1.807) is 12.2 Å². The van der Waals surface area contributed by atoms with Gasteiger partial charge in [-0.2, -0.15) is 0 Å². The molecule has 218 valence electrons. The van der Waals surface area contributed by atoms with Gasteiger partial charge in [0, 0.05) is 17.5 Å². The predicted octanol–water partition coefficient (Wildman–Crippen LogP) is 10.1. The van der Waals surface area contributed by atoms with Crippen molar-refractivity contribution in [3.8, 4) is 11.3 Å². The van der Waals surface area contributed by atoms with Gasteiger partial charge in [0.2, 0.25) is 5.78 Å². The average molecular weight is 580 g/mol. The molecular weight excluding hydrogens is 544 g/mol. The van der Waals surface area contributed by atoms with Gasteiger partial charge in [-0.15, -0.1) is 0 Å². The molecule has 2 aromatic carbocycles. The van der Waals surface area contributed by atoms with E-state index < -0.39 is 0 Å². The number of benzene rings is 2. The van der Waals surface area contributed by atoms with Crippen molar-refractivity contribution in [2.45, 2.75) is 44.4 Å². The molecule has 4 heteroatoms. The summed E-state index contributed by atoms with van der Waals surface area (Å²) >= 11 is 0. The summed E-state index contributed by atoms with van der Waals surface area (Å²) in [6, 6.07) is 24.0. The second-order valence-corrected chi connectivity index (χ2v) is 11.8. The van der Waals surface area contributed by atoms with Crippen molar-refractivity contribution < 1.29 is 19.1 Å². The smallest absolute Gasteiger partial charge is 0.360 e. The molecule has 0 bridgehead atoms. The lowest BCUT2D eigenvalue weighted by molar-refractivity contribution is -0.113. The number of hydrogen-bond acceptors (Lipinski definition) is 3. The molecule has 0 radical (unpaired) electrons. The Bertz CT molecular complexity index is 1800. The van der Waals surface area contributed by atoms with E-state index in [1.807, 2.05) is 84.9 Å². The zero-order valence-corrected chi connectivity index (χ0v) is 24.6. The Labute approximate surface area is 258 Å². The summed E-state index contributed by atoms with van der Waals surface area (Å²) in [4.78, 5) is 13.5. The van der Waals surface area contributed by atoms with Gasteiger partial charge >= 0.3 is 11.5 Å². The van der Waals surface area contributed by atoms with Crippen LogP contribution >= 0.6 is 0 Å². The van der Waals surface area contributed by atoms with E-state index in [-0.39, 0.29) is 23.4 Å². The van der Waals surface area contributed by atoms with E-state index in [0.717, 1.165) is 83.8 Å². The Hall–Kier alpha value is -4.96. The van der Waals surface area contributed by atoms with Gasteiger partial charge < -0.3 is 9.84 Å². The zero-order chi connectivity index (χ0) is 29.9. The van der Waals surface area contributed by atoms with Crippen molar-refractivity contribution in [1.29, 1.82) is 0 Å². The average Bonchev–Trinajstić information content (AvgIpc) is 3.10. The first-order chi connectivity index (χ1) is 21.6. The van der Waals surface area contributed by atoms with Crippen LogP contribution in [-0.4, -0.2) is 10.9 Å². The molecule has 0 fully saturated rings. The largest absolute Gasteiger partial charge is 0.506 e. The topological polar surface area (TPSA) is 57.8 Å². The molecule has 1 aliphatic heterocycles. The summed E-state index contributed by atoms with van der Waals surface area (Å²) in [5, 5.41) is 11.2. The van der Waals surface area contributed by atoms with Crippen molar-refractivity contribution in [2.75, 3.05) is 0 Å². The molecular formula is C40H35O4+. The molecule has 4 aliphatic rings. The summed E-state index contributed by atoms with van der Waals surface area (Å²) < 4.78 is 12.8. The molecule has 1 N–H and O–H groups in total. The molecule has 4 nitrogen and oxygen atoms in total. The second-order valence-electron chi connectivity index (χ2n) is 11.8. The molecule has 2 unspecified atom stereocenters. The Morgan fingerprint density at radius 2 is 1.45 bits per heavy atom. The molecule has 3 aliphatic carbocycles. The molecule has 0 amide bonds. The number of carbonyl (C=O) groups is 1. The maximum atomic E-state index is 13.5. The number of hydrogen-bond donors (Lipinski definition) is 1. The normalized spacial score (nSPS) is 23.3. The number of carbonyl (C=O) groups excluding carboxylic acids is 1. The molecule has 0 spiro atoms. The molecule has 7 rings (SSSR count). The van der Waals surface area contributed by atoms with Crippen LogP contribution in [0, 0.1) is 5.92 Å².